The van der Waals surface area contributed by atoms with E-state index in [0.717, 1.165) is 0 Å². The highest BCUT2D eigenvalue weighted by Crippen LogP contribution is 2.24. The maximum absolute atomic E-state index is 14.7. The number of nitrogens with two attached hydrogens (primary N) is 7. The molecule has 2 aliphatic heterocycles. The fourth-order valence-corrected chi connectivity index (χ4v) is 11.5. The summed E-state index contributed by atoms with van der Waals surface area (Å²) < 4.78 is 0. The van der Waals surface area contributed by atoms with Crippen LogP contribution in [-0.4, -0.2) is 198 Å². The van der Waals surface area contributed by atoms with Gasteiger partial charge in [0.15, 0.2) is 5.96 Å². The number of hydrogen-bond donors (Lipinski definition) is 15. The van der Waals surface area contributed by atoms with Crippen molar-refractivity contribution in [1.82, 2.24) is 52.3 Å². The molecule has 32 heteroatoms. The fourth-order valence-electron chi connectivity index (χ4n) is 11.0. The van der Waals surface area contributed by atoms with E-state index in [2.05, 4.69) is 47.5 Å². The highest BCUT2D eigenvalue weighted by Gasteiger charge is 2.42. The normalized spacial score (nSPS) is 16.8. The van der Waals surface area contributed by atoms with Crippen LogP contribution in [0.15, 0.2) is 65.7 Å². The number of amides is 13. The Morgan fingerprint density at radius 2 is 1.01 bits per heavy atom. The van der Waals surface area contributed by atoms with Crippen LogP contribution in [0, 0.1) is 5.92 Å². The maximum Gasteiger partial charge on any atom is 0.245 e. The zero-order valence-corrected chi connectivity index (χ0v) is 55.3. The predicted molar refractivity (Wildman–Crippen MR) is 356 cm³/mol. The molecule has 22 N–H and O–H groups in total. The second kappa shape index (κ2) is 41.0. The van der Waals surface area contributed by atoms with Crippen molar-refractivity contribution in [2.75, 3.05) is 44.7 Å². The van der Waals surface area contributed by atoms with Gasteiger partial charge in [-0.1, -0.05) is 74.5 Å². The van der Waals surface area contributed by atoms with Gasteiger partial charge in [0.25, 0.3) is 0 Å². The average molecular weight is 1350 g/mol. The van der Waals surface area contributed by atoms with E-state index in [1.165, 1.54) is 21.6 Å². The van der Waals surface area contributed by atoms with Crippen LogP contribution < -0.4 is 82.7 Å². The SMILES string of the molecule is CSCC[C@H](NC(=O)[C@@H](CC(C)C)NC(=O)CNC(=O)[C@H](Cc1ccccc1)NC(=O)[C@H](Cc1ccccc1)NC(=O)[C@@H](CCC(N)=O)NC(=O)[C@H](CCC(N)=O)NC(=O)[C@@H]1CCCN1C(=O)[C@@H](CCCCN)NC(=O)[C@H]1CCCN1C(=O)[C@H](N)CCCN=C(N)N)C(N)=O. The van der Waals surface area contributed by atoms with E-state index >= 15 is 0 Å². The van der Waals surface area contributed by atoms with Crippen molar-refractivity contribution in [3.63, 3.8) is 0 Å². The van der Waals surface area contributed by atoms with Crippen LogP contribution in [0.3, 0.4) is 0 Å². The topological polar surface area (TPSA) is 519 Å². The molecular formula is C63H98N18O13S. The standard InChI is InChI=1S/C63H98N18O13S/c1-37(2)33-45(57(89)74-41(53(68)85)27-32-95-3)73-52(84)36-72-54(86)46(34-38-15-6-4-7-16-38)78-58(90)47(35-39-17-8-5-9-18-39)79-56(88)42(23-25-50(66)82)75-55(87)43(24-26-51(67)83)76-59(91)49-22-14-31-81(49)62(94)44(20-10-11-28-64)77-60(92)48-21-13-30-80(48)61(93)40(65)19-12-29-71-63(69)70/h4-9,15-18,37,40-49H,10-14,19-36,64-65H2,1-3H3,(H2,66,82)(H2,67,83)(H2,68,85)(H,72,86)(H,73,84)(H,74,89)(H,75,87)(H,76,91)(H,77,92)(H,78,90)(H,79,88)(H4,69,70,71)/t40-,41+,42-,43+,44-,45-,46+,47+,48-,49+/m1/s1. The first kappa shape index (κ1) is 78.5. The predicted octanol–water partition coefficient (Wildman–Crippen LogP) is -3.71. The lowest BCUT2D eigenvalue weighted by atomic mass is 10.0. The number of likely N-dealkylation sites (tertiary alicyclic amines) is 2. The van der Waals surface area contributed by atoms with Gasteiger partial charge in [-0.2, -0.15) is 11.8 Å². The van der Waals surface area contributed by atoms with Crippen molar-refractivity contribution in [3.05, 3.63) is 71.8 Å². The molecule has 31 nitrogen and oxygen atoms in total. The lowest BCUT2D eigenvalue weighted by Crippen LogP contribution is -2.60. The molecule has 13 amide bonds. The Morgan fingerprint density at radius 1 is 0.537 bits per heavy atom. The second-order valence-corrected chi connectivity index (χ2v) is 25.1. The average Bonchev–Trinajstić information content (AvgIpc) is 1.74. The summed E-state index contributed by atoms with van der Waals surface area (Å²) in [6.07, 6.45) is 3.12. The number of guanidine groups is 1. The van der Waals surface area contributed by atoms with E-state index < -0.39 is 169 Å². The molecule has 524 valence electrons. The van der Waals surface area contributed by atoms with E-state index in [4.69, 9.17) is 40.1 Å². The van der Waals surface area contributed by atoms with Crippen LogP contribution >= 0.6 is 11.8 Å². The Labute approximate surface area is 558 Å². The van der Waals surface area contributed by atoms with Gasteiger partial charge in [0.05, 0.1) is 12.6 Å². The molecule has 2 saturated heterocycles. The largest absolute Gasteiger partial charge is 0.370 e. The van der Waals surface area contributed by atoms with Crippen LogP contribution in [0.25, 0.3) is 0 Å². The first-order chi connectivity index (χ1) is 45.2. The Kier molecular flexibility index (Phi) is 33.9. The molecule has 2 aliphatic rings. The third-order valence-electron chi connectivity index (χ3n) is 16.0. The number of rotatable bonds is 42. The second-order valence-electron chi connectivity index (χ2n) is 24.1. The lowest BCUT2D eigenvalue weighted by Gasteiger charge is -2.32. The van der Waals surface area contributed by atoms with Gasteiger partial charge in [0, 0.05) is 45.3 Å². The molecule has 2 heterocycles. The van der Waals surface area contributed by atoms with Crippen LogP contribution in [0.2, 0.25) is 0 Å². The summed E-state index contributed by atoms with van der Waals surface area (Å²) in [5, 5.41) is 21.1. The van der Waals surface area contributed by atoms with E-state index in [1.807, 2.05) is 20.1 Å². The van der Waals surface area contributed by atoms with Crippen molar-refractivity contribution in [1.29, 1.82) is 0 Å². The number of unbranched alkanes of at least 4 members (excludes halogenated alkanes) is 1. The van der Waals surface area contributed by atoms with Crippen molar-refractivity contribution in [3.8, 4) is 0 Å². The molecule has 10 atom stereocenters. The molecule has 0 aliphatic carbocycles. The molecule has 2 aromatic rings. The number of aliphatic imine (C=N–C) groups is 1. The summed E-state index contributed by atoms with van der Waals surface area (Å²) in [5.41, 5.74) is 40.6. The zero-order chi connectivity index (χ0) is 70.1. The maximum atomic E-state index is 14.7. The quantitative estimate of drug-likeness (QED) is 0.0173. The Morgan fingerprint density at radius 3 is 1.51 bits per heavy atom. The Hall–Kier alpha value is -8.91. The number of hydrogen-bond acceptors (Lipinski definition) is 17. The van der Waals surface area contributed by atoms with Gasteiger partial charge >= 0.3 is 0 Å². The minimum Gasteiger partial charge on any atom is -0.370 e. The van der Waals surface area contributed by atoms with Gasteiger partial charge in [-0.15, -0.1) is 0 Å². The zero-order valence-electron chi connectivity index (χ0n) is 54.5. The van der Waals surface area contributed by atoms with Crippen LogP contribution in [0.4, 0.5) is 0 Å². The van der Waals surface area contributed by atoms with Crippen LogP contribution in [-0.2, 0) is 75.2 Å². The van der Waals surface area contributed by atoms with Gasteiger partial charge < -0.3 is 92.5 Å². The van der Waals surface area contributed by atoms with Gasteiger partial charge in [-0.05, 0) is 119 Å². The third-order valence-corrected chi connectivity index (χ3v) is 16.7. The number of nitrogens with zero attached hydrogens (tertiary/aromatic N) is 3. The Bertz CT molecular complexity index is 2960. The van der Waals surface area contributed by atoms with Crippen LogP contribution in [0.5, 0.6) is 0 Å². The van der Waals surface area contributed by atoms with E-state index in [1.54, 1.807) is 60.7 Å². The molecule has 0 spiro atoms. The van der Waals surface area contributed by atoms with Crippen molar-refractivity contribution in [2.24, 2.45) is 51.0 Å². The third kappa shape index (κ3) is 27.5. The smallest absolute Gasteiger partial charge is 0.245 e. The molecule has 2 fully saturated rings. The highest BCUT2D eigenvalue weighted by molar-refractivity contribution is 7.98. The first-order valence-electron chi connectivity index (χ1n) is 32.2. The van der Waals surface area contributed by atoms with Crippen molar-refractivity contribution in [2.45, 2.75) is 183 Å². The molecule has 0 radical (unpaired) electrons. The molecule has 0 saturated carbocycles. The van der Waals surface area contributed by atoms with Gasteiger partial charge in [-0.3, -0.25) is 67.3 Å². The van der Waals surface area contributed by atoms with Gasteiger partial charge in [-0.25, -0.2) is 0 Å². The van der Waals surface area contributed by atoms with Gasteiger partial charge in [0.2, 0.25) is 76.8 Å². The molecule has 95 heavy (non-hydrogen) atoms. The minimum atomic E-state index is -1.64. The van der Waals surface area contributed by atoms with Crippen molar-refractivity contribution < 1.29 is 62.3 Å². The van der Waals surface area contributed by atoms with Gasteiger partial charge in [0.1, 0.15) is 54.4 Å². The lowest BCUT2D eigenvalue weighted by molar-refractivity contribution is -0.144. The van der Waals surface area contributed by atoms with Crippen LogP contribution in [0.1, 0.15) is 121 Å². The highest BCUT2D eigenvalue weighted by atomic mass is 32.2. The molecular weight excluding hydrogens is 1250 g/mol. The number of primary amides is 3. The molecule has 0 bridgehead atoms. The summed E-state index contributed by atoms with van der Waals surface area (Å²) >= 11 is 1.45. The molecule has 0 aromatic heterocycles. The fraction of sp³-hybridized carbons (Fsp3) is 0.587. The summed E-state index contributed by atoms with van der Waals surface area (Å²) in [6.45, 7) is 3.86. The van der Waals surface area contributed by atoms with E-state index in [0.29, 0.717) is 55.4 Å². The number of carbonyl (C=O) groups excluding carboxylic acids is 13. The number of thioether (sulfide) groups is 1. The monoisotopic (exact) mass is 1350 g/mol. The molecule has 0 unspecified atom stereocenters. The summed E-state index contributed by atoms with van der Waals surface area (Å²) in [4.78, 5) is 185. The first-order valence-corrected chi connectivity index (χ1v) is 33.6. The van der Waals surface area contributed by atoms with Crippen molar-refractivity contribution >= 4 is 94.5 Å². The molecule has 2 aromatic carbocycles. The molecule has 4 rings (SSSR count). The summed E-state index contributed by atoms with van der Waals surface area (Å²) in [5.74, 6) is -9.80. The minimum absolute atomic E-state index is 0.0736. The van der Waals surface area contributed by atoms with E-state index in [9.17, 15) is 62.3 Å². The number of carbonyl (C=O) groups is 13. The summed E-state index contributed by atoms with van der Waals surface area (Å²) in [6, 6.07) is 4.51. The number of benzene rings is 2. The summed E-state index contributed by atoms with van der Waals surface area (Å²) in [7, 11) is 0. The van der Waals surface area contributed by atoms with E-state index in [-0.39, 0.29) is 83.0 Å². The number of nitrogens with one attached hydrogen (secondary N) is 8. The Balaban J connectivity index is 1.56.